The summed E-state index contributed by atoms with van der Waals surface area (Å²) in [6.45, 7) is 0.909. The molecule has 0 aromatic carbocycles. The molecule has 20 heavy (non-hydrogen) atoms. The van der Waals surface area contributed by atoms with Crippen LogP contribution in [-0.4, -0.2) is 53.2 Å². The molecule has 2 heterocycles. The molecule has 0 saturated heterocycles. The molecule has 1 aromatic rings. The van der Waals surface area contributed by atoms with Crippen LogP contribution >= 0.6 is 12.4 Å². The van der Waals surface area contributed by atoms with Crippen LogP contribution < -0.4 is 5.32 Å². The number of hydrogen-bond acceptors (Lipinski definition) is 3. The molecular formula is C11H16ClF3N4O. The lowest BCUT2D eigenvalue weighted by molar-refractivity contribution is -0.138. The van der Waals surface area contributed by atoms with E-state index in [0.717, 1.165) is 26.0 Å². The molecule has 1 aliphatic heterocycles. The van der Waals surface area contributed by atoms with Gasteiger partial charge in [0.05, 0.1) is 0 Å². The average molecular weight is 313 g/mol. The van der Waals surface area contributed by atoms with Gasteiger partial charge in [0.1, 0.15) is 18.1 Å². The van der Waals surface area contributed by atoms with Crippen molar-refractivity contribution < 1.29 is 18.0 Å². The fraction of sp³-hybridized carbons (Fsp3) is 0.636. The molecule has 0 saturated carbocycles. The lowest BCUT2D eigenvalue weighted by Gasteiger charge is -2.17. The van der Waals surface area contributed by atoms with Crippen molar-refractivity contribution in [2.24, 2.45) is 0 Å². The Hall–Kier alpha value is -1.28. The van der Waals surface area contributed by atoms with Crippen LogP contribution in [0.15, 0.2) is 6.20 Å². The first-order chi connectivity index (χ1) is 8.87. The van der Waals surface area contributed by atoms with Gasteiger partial charge in [-0.15, -0.1) is 12.4 Å². The Balaban J connectivity index is 0.00000200. The number of carbonyl (C=O) groups is 1. The quantitative estimate of drug-likeness (QED) is 0.889. The summed E-state index contributed by atoms with van der Waals surface area (Å²) in [6, 6.07) is 0. The van der Waals surface area contributed by atoms with Gasteiger partial charge in [0.25, 0.3) is 5.91 Å². The summed E-state index contributed by atoms with van der Waals surface area (Å²) in [5.41, 5.74) is 0.0728. The summed E-state index contributed by atoms with van der Waals surface area (Å²) >= 11 is 0. The maximum absolute atomic E-state index is 12.2. The van der Waals surface area contributed by atoms with E-state index in [0.29, 0.717) is 17.9 Å². The van der Waals surface area contributed by atoms with Gasteiger partial charge in [-0.25, -0.2) is 4.98 Å². The number of rotatable bonds is 2. The first kappa shape index (κ1) is 16.8. The zero-order chi connectivity index (χ0) is 14.0. The number of alkyl halides is 3. The van der Waals surface area contributed by atoms with Crippen LogP contribution in [0.1, 0.15) is 16.3 Å². The average Bonchev–Trinajstić information content (AvgIpc) is 2.57. The summed E-state index contributed by atoms with van der Waals surface area (Å²) in [7, 11) is 1.13. The van der Waals surface area contributed by atoms with E-state index in [-0.39, 0.29) is 18.1 Å². The molecule has 0 aliphatic carbocycles. The number of aromatic nitrogens is 2. The van der Waals surface area contributed by atoms with Crippen LogP contribution in [0.5, 0.6) is 0 Å². The van der Waals surface area contributed by atoms with Gasteiger partial charge >= 0.3 is 6.18 Å². The van der Waals surface area contributed by atoms with Gasteiger partial charge in [0.15, 0.2) is 0 Å². The zero-order valence-corrected chi connectivity index (χ0v) is 11.7. The molecule has 1 amide bonds. The van der Waals surface area contributed by atoms with Gasteiger partial charge in [-0.1, -0.05) is 0 Å². The highest BCUT2D eigenvalue weighted by Crippen LogP contribution is 2.17. The van der Waals surface area contributed by atoms with E-state index in [1.54, 1.807) is 0 Å². The van der Waals surface area contributed by atoms with E-state index in [4.69, 9.17) is 0 Å². The third kappa shape index (κ3) is 4.11. The van der Waals surface area contributed by atoms with E-state index in [2.05, 4.69) is 10.3 Å². The van der Waals surface area contributed by atoms with Crippen molar-refractivity contribution in [3.8, 4) is 0 Å². The van der Waals surface area contributed by atoms with Crippen LogP contribution in [0, 0.1) is 0 Å². The van der Waals surface area contributed by atoms with E-state index >= 15 is 0 Å². The Kier molecular flexibility index (Phi) is 5.41. The second-order valence-corrected chi connectivity index (χ2v) is 4.51. The minimum absolute atomic E-state index is 0. The number of carbonyl (C=O) groups excluding carboxylic acids is 1. The monoisotopic (exact) mass is 312 g/mol. The highest BCUT2D eigenvalue weighted by molar-refractivity contribution is 5.92. The third-order valence-corrected chi connectivity index (χ3v) is 2.90. The molecule has 0 spiro atoms. The first-order valence-corrected chi connectivity index (χ1v) is 5.96. The van der Waals surface area contributed by atoms with Crippen molar-refractivity contribution in [1.29, 1.82) is 0 Å². The molecule has 5 nitrogen and oxygen atoms in total. The molecule has 0 unspecified atom stereocenters. The molecule has 1 aliphatic rings. The minimum Gasteiger partial charge on any atom is -0.333 e. The van der Waals surface area contributed by atoms with Crippen LogP contribution in [-0.2, 0) is 13.0 Å². The molecule has 0 bridgehead atoms. The first-order valence-electron chi connectivity index (χ1n) is 5.96. The maximum atomic E-state index is 12.2. The molecular weight excluding hydrogens is 297 g/mol. The van der Waals surface area contributed by atoms with Gasteiger partial charge in [-0.3, -0.25) is 4.79 Å². The van der Waals surface area contributed by atoms with Crippen molar-refractivity contribution in [2.75, 3.05) is 26.7 Å². The Bertz CT molecular complexity index is 451. The molecule has 0 radical (unpaired) electrons. The lowest BCUT2D eigenvalue weighted by Crippen LogP contribution is -2.36. The Labute approximate surface area is 120 Å². The number of hydrogen-bond donors (Lipinski definition) is 1. The second kappa shape index (κ2) is 6.45. The predicted molar refractivity (Wildman–Crippen MR) is 69.1 cm³/mol. The number of fused-ring (bicyclic) bond motifs is 1. The Morgan fingerprint density at radius 1 is 1.50 bits per heavy atom. The maximum Gasteiger partial charge on any atom is 0.406 e. The number of imidazole rings is 1. The third-order valence-electron chi connectivity index (χ3n) is 2.90. The van der Waals surface area contributed by atoms with Crippen LogP contribution in [0.25, 0.3) is 0 Å². The van der Waals surface area contributed by atoms with Crippen molar-refractivity contribution in [1.82, 2.24) is 19.8 Å². The highest BCUT2D eigenvalue weighted by atomic mass is 35.5. The molecule has 0 atom stereocenters. The van der Waals surface area contributed by atoms with Gasteiger partial charge in [-0.2, -0.15) is 13.2 Å². The molecule has 0 fully saturated rings. The number of amides is 1. The number of nitrogens with one attached hydrogen (secondary N) is 1. The largest absolute Gasteiger partial charge is 0.406 e. The molecule has 1 N–H and O–H groups in total. The van der Waals surface area contributed by atoms with Gasteiger partial charge in [0.2, 0.25) is 0 Å². The predicted octanol–water partition coefficient (Wildman–Crippen LogP) is 1.08. The summed E-state index contributed by atoms with van der Waals surface area (Å²) in [5.74, 6) is 0.0274. The molecule has 2 rings (SSSR count). The summed E-state index contributed by atoms with van der Waals surface area (Å²) in [4.78, 5) is 16.6. The lowest BCUT2D eigenvalue weighted by atomic mass is 10.4. The number of nitrogens with zero attached hydrogens (tertiary/aromatic N) is 3. The van der Waals surface area contributed by atoms with E-state index < -0.39 is 18.6 Å². The summed E-state index contributed by atoms with van der Waals surface area (Å²) in [6.07, 6.45) is -2.21. The van der Waals surface area contributed by atoms with Crippen LogP contribution in [0.2, 0.25) is 0 Å². The standard InChI is InChI=1S/C11H15F3N4O.ClH/c1-17(7-11(12,13)14)10(19)8-6-18-5-4-15-3-2-9(18)16-8;/h6,15H,2-5,7H2,1H3;1H. The van der Waals surface area contributed by atoms with Gasteiger partial charge in [0, 0.05) is 39.3 Å². The molecule has 9 heteroatoms. The van der Waals surface area contributed by atoms with Crippen LogP contribution in [0.3, 0.4) is 0 Å². The van der Waals surface area contributed by atoms with E-state index in [1.165, 1.54) is 6.20 Å². The summed E-state index contributed by atoms with van der Waals surface area (Å²) in [5, 5.41) is 3.18. The normalized spacial score (nSPS) is 15.0. The zero-order valence-electron chi connectivity index (χ0n) is 10.9. The SMILES string of the molecule is CN(CC(F)(F)F)C(=O)c1cn2c(n1)CCNCC2.Cl. The van der Waals surface area contributed by atoms with E-state index in [1.807, 2.05) is 4.57 Å². The molecule has 1 aromatic heterocycles. The smallest absolute Gasteiger partial charge is 0.333 e. The van der Waals surface area contributed by atoms with Crippen LogP contribution in [0.4, 0.5) is 13.2 Å². The second-order valence-electron chi connectivity index (χ2n) is 4.51. The topological polar surface area (TPSA) is 50.2 Å². The van der Waals surface area contributed by atoms with Crippen molar-refractivity contribution in [3.63, 3.8) is 0 Å². The Morgan fingerprint density at radius 2 is 2.20 bits per heavy atom. The highest BCUT2D eigenvalue weighted by Gasteiger charge is 2.32. The van der Waals surface area contributed by atoms with Gasteiger partial charge in [-0.05, 0) is 0 Å². The molecule has 114 valence electrons. The van der Waals surface area contributed by atoms with Crippen molar-refractivity contribution in [2.45, 2.75) is 19.1 Å². The minimum atomic E-state index is -4.40. The number of halogens is 4. The van der Waals surface area contributed by atoms with Crippen molar-refractivity contribution in [3.05, 3.63) is 17.7 Å². The fourth-order valence-corrected chi connectivity index (χ4v) is 2.01. The van der Waals surface area contributed by atoms with Gasteiger partial charge < -0.3 is 14.8 Å². The summed E-state index contributed by atoms with van der Waals surface area (Å²) < 4.78 is 38.5. The fourth-order valence-electron chi connectivity index (χ4n) is 2.01. The Morgan fingerprint density at radius 3 is 2.85 bits per heavy atom. The van der Waals surface area contributed by atoms with Crippen molar-refractivity contribution >= 4 is 18.3 Å². The van der Waals surface area contributed by atoms with E-state index in [9.17, 15) is 18.0 Å².